The summed E-state index contributed by atoms with van der Waals surface area (Å²) < 4.78 is 43.1. The van der Waals surface area contributed by atoms with E-state index < -0.39 is 52.6 Å². The van der Waals surface area contributed by atoms with E-state index in [0.29, 0.717) is 43.6 Å². The van der Waals surface area contributed by atoms with Gasteiger partial charge in [-0.1, -0.05) is 30.4 Å². The number of halogens is 1. The van der Waals surface area contributed by atoms with E-state index in [9.17, 15) is 19.2 Å². The maximum Gasteiger partial charge on any atom is 0.437 e. The minimum Gasteiger partial charge on any atom is -0.444 e. The summed E-state index contributed by atoms with van der Waals surface area (Å²) in [7, 11) is 0. The smallest absolute Gasteiger partial charge is 0.437 e. The maximum atomic E-state index is 15.7. The molecule has 0 spiro atoms. The molecule has 17 nitrogen and oxygen atoms in total. The van der Waals surface area contributed by atoms with Gasteiger partial charge < -0.3 is 33.2 Å². The minimum absolute atomic E-state index is 0.0158. The molecule has 0 atom stereocenters. The SMILES string of the molecule is CC(C)(C)OC(=O)/N=C(/NC(=O)OC(C)(C)C)N1CC=C(c2ccc(-c3nnc(-c4ccc(C5=CCN(/C(=N/C(=O)OC(C)(C)C)NC(=O)OC(C)(C)C)CC5)cc4F)o3)cc2)CC1. The van der Waals surface area contributed by atoms with E-state index in [1.165, 1.54) is 6.07 Å². The molecule has 3 aromatic rings. The first-order valence-corrected chi connectivity index (χ1v) is 21.0. The molecule has 2 aliphatic heterocycles. The lowest BCUT2D eigenvalue weighted by Crippen LogP contribution is -2.48. The van der Waals surface area contributed by atoms with Crippen molar-refractivity contribution in [3.8, 4) is 22.9 Å². The first-order valence-electron chi connectivity index (χ1n) is 21.0. The zero-order valence-corrected chi connectivity index (χ0v) is 38.7. The van der Waals surface area contributed by atoms with Crippen molar-refractivity contribution in [3.05, 3.63) is 71.6 Å². The predicted octanol–water partition coefficient (Wildman–Crippen LogP) is 9.35. The van der Waals surface area contributed by atoms with Gasteiger partial charge in [-0.25, -0.2) is 23.6 Å². The quantitative estimate of drug-likeness (QED) is 0.143. The van der Waals surface area contributed by atoms with Gasteiger partial charge in [-0.15, -0.1) is 20.2 Å². The Morgan fingerprint density at radius 1 is 0.594 bits per heavy atom. The van der Waals surface area contributed by atoms with Gasteiger partial charge in [-0.3, -0.25) is 10.6 Å². The van der Waals surface area contributed by atoms with Gasteiger partial charge in [0.2, 0.25) is 17.8 Å². The number of aliphatic imine (C=N–C) groups is 2. The molecule has 0 saturated heterocycles. The van der Waals surface area contributed by atoms with Gasteiger partial charge in [-0.2, -0.15) is 0 Å². The second-order valence-electron chi connectivity index (χ2n) is 19.1. The van der Waals surface area contributed by atoms with Crippen molar-refractivity contribution in [1.82, 2.24) is 30.6 Å². The molecule has 64 heavy (non-hydrogen) atoms. The highest BCUT2D eigenvalue weighted by Crippen LogP contribution is 2.31. The molecule has 0 saturated carbocycles. The van der Waals surface area contributed by atoms with Crippen molar-refractivity contribution in [2.24, 2.45) is 9.98 Å². The third-order valence-corrected chi connectivity index (χ3v) is 8.92. The summed E-state index contributed by atoms with van der Waals surface area (Å²) in [6.07, 6.45) is 1.66. The number of carbonyl (C=O) groups excluding carboxylic acids is 4. The number of hydrogen-bond donors (Lipinski definition) is 2. The fourth-order valence-corrected chi connectivity index (χ4v) is 6.30. The van der Waals surface area contributed by atoms with Crippen molar-refractivity contribution in [3.63, 3.8) is 0 Å². The molecule has 2 aliphatic rings. The number of aromatic nitrogens is 2. The van der Waals surface area contributed by atoms with E-state index in [1.54, 1.807) is 105 Å². The Hall–Kier alpha value is -6.59. The van der Waals surface area contributed by atoms with Gasteiger partial charge in [0, 0.05) is 31.7 Å². The molecule has 18 heteroatoms. The Balaban J connectivity index is 1.24. The summed E-state index contributed by atoms with van der Waals surface area (Å²) in [6, 6.07) is 12.3. The zero-order chi connectivity index (χ0) is 47.2. The molecule has 0 unspecified atom stereocenters. The molecular formula is C46H59FN8O9. The van der Waals surface area contributed by atoms with Crippen LogP contribution in [0.1, 0.15) is 107 Å². The molecular weight excluding hydrogens is 828 g/mol. The van der Waals surface area contributed by atoms with Crippen LogP contribution in [0, 0.1) is 5.82 Å². The molecule has 0 radical (unpaired) electrons. The van der Waals surface area contributed by atoms with Crippen LogP contribution >= 0.6 is 0 Å². The Bertz CT molecular complexity index is 2340. The van der Waals surface area contributed by atoms with Gasteiger partial charge >= 0.3 is 24.4 Å². The topological polar surface area (TPSA) is 199 Å². The molecule has 3 heterocycles. The molecule has 0 fully saturated rings. The first-order chi connectivity index (χ1) is 29.7. The summed E-state index contributed by atoms with van der Waals surface area (Å²) in [6.45, 7) is 22.1. The fourth-order valence-electron chi connectivity index (χ4n) is 6.30. The first kappa shape index (κ1) is 48.4. The number of nitrogens with one attached hydrogen (secondary N) is 2. The average molecular weight is 887 g/mol. The normalized spacial score (nSPS) is 15.5. The third kappa shape index (κ3) is 14.8. The van der Waals surface area contributed by atoms with Crippen LogP contribution in [-0.2, 0) is 18.9 Å². The van der Waals surface area contributed by atoms with Crippen LogP contribution in [-0.4, -0.2) is 105 Å². The number of benzene rings is 2. The van der Waals surface area contributed by atoms with Gasteiger partial charge in [0.1, 0.15) is 28.2 Å². The molecule has 2 N–H and O–H groups in total. The van der Waals surface area contributed by atoms with E-state index in [4.69, 9.17) is 23.4 Å². The van der Waals surface area contributed by atoms with Crippen LogP contribution in [0.4, 0.5) is 23.6 Å². The summed E-state index contributed by atoms with van der Waals surface area (Å²) in [5.74, 6) is -0.317. The van der Waals surface area contributed by atoms with E-state index in [0.717, 1.165) is 16.7 Å². The zero-order valence-electron chi connectivity index (χ0n) is 38.7. The lowest BCUT2D eigenvalue weighted by atomic mass is 9.98. The number of alkyl carbamates (subject to hydrolysis) is 2. The Kier molecular flexibility index (Phi) is 14.7. The van der Waals surface area contributed by atoms with Crippen molar-refractivity contribution in [2.75, 3.05) is 26.2 Å². The molecule has 344 valence electrons. The molecule has 0 bridgehead atoms. The average Bonchev–Trinajstić information content (AvgIpc) is 3.65. The van der Waals surface area contributed by atoms with Crippen molar-refractivity contribution in [1.29, 1.82) is 0 Å². The number of carbonyl (C=O) groups is 4. The van der Waals surface area contributed by atoms with E-state index in [2.05, 4.69) is 30.8 Å². The maximum absolute atomic E-state index is 15.7. The van der Waals surface area contributed by atoms with Crippen LogP contribution in [0.2, 0.25) is 0 Å². The van der Waals surface area contributed by atoms with Crippen LogP contribution in [0.15, 0.2) is 69.0 Å². The molecule has 0 aliphatic carbocycles. The van der Waals surface area contributed by atoms with E-state index in [-0.39, 0.29) is 35.8 Å². The lowest BCUT2D eigenvalue weighted by Gasteiger charge is -2.30. The van der Waals surface area contributed by atoms with Crippen LogP contribution in [0.3, 0.4) is 0 Å². The number of ether oxygens (including phenoxy) is 4. The van der Waals surface area contributed by atoms with Crippen molar-refractivity contribution < 1.29 is 46.9 Å². The van der Waals surface area contributed by atoms with Crippen LogP contribution < -0.4 is 10.6 Å². The Morgan fingerprint density at radius 2 is 1.00 bits per heavy atom. The highest BCUT2D eigenvalue weighted by Gasteiger charge is 2.27. The van der Waals surface area contributed by atoms with E-state index >= 15 is 4.39 Å². The number of nitrogens with zero attached hydrogens (tertiary/aromatic N) is 6. The fraction of sp³-hybridized carbons (Fsp3) is 0.478. The highest BCUT2D eigenvalue weighted by atomic mass is 19.1. The number of rotatable bonds is 4. The van der Waals surface area contributed by atoms with Gasteiger partial charge in [0.15, 0.2) is 0 Å². The molecule has 4 amide bonds. The summed E-state index contributed by atoms with van der Waals surface area (Å²) in [5, 5.41) is 13.5. The summed E-state index contributed by atoms with van der Waals surface area (Å²) >= 11 is 0. The Morgan fingerprint density at radius 3 is 1.41 bits per heavy atom. The number of amides is 4. The molecule has 1 aromatic heterocycles. The third-order valence-electron chi connectivity index (χ3n) is 8.92. The predicted molar refractivity (Wildman–Crippen MR) is 240 cm³/mol. The second kappa shape index (κ2) is 19.4. The number of guanidine groups is 2. The molecule has 2 aromatic carbocycles. The monoisotopic (exact) mass is 886 g/mol. The standard InChI is InChI=1S/C46H59FN8O9/c1-43(2,3)61-39(56)48-37(49-40(57)62-44(4,5)6)54-23-19-29(20-24-54)28-13-15-31(16-14-28)35-52-53-36(60-35)33-18-17-32(27-34(33)47)30-21-25-55(26-22-30)38(50-41(58)63-45(7,8)9)51-42(59)64-46(10,11)12/h13-19,21,27H,20,22-26H2,1-12H3,(H,48,49,56,57)(H,50,51,58,59). The van der Waals surface area contributed by atoms with Crippen molar-refractivity contribution >= 4 is 47.4 Å². The second-order valence-corrected chi connectivity index (χ2v) is 19.1. The highest BCUT2D eigenvalue weighted by molar-refractivity contribution is 6.00. The molecule has 5 rings (SSSR count). The lowest BCUT2D eigenvalue weighted by molar-refractivity contribution is 0.0536. The largest absolute Gasteiger partial charge is 0.444 e. The van der Waals surface area contributed by atoms with Gasteiger partial charge in [0.25, 0.3) is 5.89 Å². The van der Waals surface area contributed by atoms with Gasteiger partial charge in [-0.05, 0) is 142 Å². The summed E-state index contributed by atoms with van der Waals surface area (Å²) in [5.41, 5.74) is 1.17. The van der Waals surface area contributed by atoms with E-state index in [1.807, 2.05) is 36.4 Å². The van der Waals surface area contributed by atoms with Gasteiger partial charge in [0.05, 0.1) is 5.56 Å². The van der Waals surface area contributed by atoms with Crippen LogP contribution in [0.25, 0.3) is 34.1 Å². The van der Waals surface area contributed by atoms with Crippen LogP contribution in [0.5, 0.6) is 0 Å². The minimum atomic E-state index is -0.866. The summed E-state index contributed by atoms with van der Waals surface area (Å²) in [4.78, 5) is 62.0. The Labute approximate surface area is 373 Å². The van der Waals surface area contributed by atoms with Crippen molar-refractivity contribution in [2.45, 2.75) is 118 Å². The number of hydrogen-bond acceptors (Lipinski definition) is 11.